The molecule has 6 heteroatoms. The summed E-state index contributed by atoms with van der Waals surface area (Å²) in [7, 11) is -4.26. The van der Waals surface area contributed by atoms with E-state index in [0.717, 1.165) is 25.2 Å². The maximum Gasteiger partial charge on any atom is 0.469 e. The number of phosphoric ester groups is 1. The minimum Gasteiger partial charge on any atom is -0.303 e. The first-order valence-corrected chi connectivity index (χ1v) is 15.0. The fraction of sp³-hybridized carbons (Fsp3) is 1.00. The summed E-state index contributed by atoms with van der Waals surface area (Å²) in [5.74, 6) is 0.946. The van der Waals surface area contributed by atoms with Crippen LogP contribution in [0.25, 0.3) is 0 Å². The van der Waals surface area contributed by atoms with Crippen molar-refractivity contribution in [3.8, 4) is 0 Å². The van der Waals surface area contributed by atoms with Crippen LogP contribution in [-0.2, 0) is 9.09 Å². The Morgan fingerprint density at radius 1 is 0.714 bits per heavy atom. The Balaban J connectivity index is 0. The van der Waals surface area contributed by atoms with Crippen LogP contribution < -0.4 is 0 Å². The molecule has 0 saturated carbocycles. The molecule has 0 aromatic carbocycles. The van der Waals surface area contributed by atoms with Crippen LogP contribution in [0, 0.1) is 5.92 Å². The number of unbranched alkanes of at least 4 members (excludes halogenated alkanes) is 15. The monoisotopic (exact) mass is 430 g/mol. The summed E-state index contributed by atoms with van der Waals surface area (Å²) in [5.41, 5.74) is 0. The molecule has 0 aliphatic heterocycles. The fourth-order valence-corrected chi connectivity index (χ4v) is 3.20. The summed E-state index contributed by atoms with van der Waals surface area (Å²) in [6, 6.07) is 0. The van der Waals surface area contributed by atoms with Crippen LogP contribution in [0.15, 0.2) is 0 Å². The Hall–Kier alpha value is 1.11. The van der Waals surface area contributed by atoms with Gasteiger partial charge in [-0.25, -0.2) is 4.57 Å². The van der Waals surface area contributed by atoms with Gasteiger partial charge < -0.3 is 9.79 Å². The van der Waals surface area contributed by atoms with E-state index in [0.29, 0.717) is 0 Å². The summed E-state index contributed by atoms with van der Waals surface area (Å²) in [4.78, 5) is 17.1. The topological polar surface area (TPSA) is 66.8 Å². The quantitative estimate of drug-likeness (QED) is 0.126. The summed E-state index contributed by atoms with van der Waals surface area (Å²) in [6.45, 7) is 6.95. The molecule has 0 aliphatic rings. The molecular weight excluding hydrogens is 382 g/mol. The normalized spacial score (nSPS) is 11.6. The maximum absolute atomic E-state index is 10.5. The van der Waals surface area contributed by atoms with Gasteiger partial charge in [0, 0.05) is 0 Å². The molecule has 28 heavy (non-hydrogen) atoms. The largest absolute Gasteiger partial charge is 0.469 e. The van der Waals surface area contributed by atoms with Crippen molar-refractivity contribution in [2.45, 2.75) is 127 Å². The van der Waals surface area contributed by atoms with Gasteiger partial charge in [0.2, 0.25) is 0 Å². The molecule has 0 amide bonds. The molecule has 0 fully saturated rings. The molecule has 0 aromatic rings. The van der Waals surface area contributed by atoms with Gasteiger partial charge in [-0.3, -0.25) is 4.52 Å². The van der Waals surface area contributed by atoms with Crippen LogP contribution in [0.5, 0.6) is 0 Å². The molecule has 0 aliphatic carbocycles. The molecule has 2 N–H and O–H groups in total. The minimum atomic E-state index is -4.26. The van der Waals surface area contributed by atoms with Crippen molar-refractivity contribution in [3.63, 3.8) is 0 Å². The molecule has 0 heterocycles. The van der Waals surface area contributed by atoms with E-state index in [1.54, 1.807) is 0 Å². The Kier molecular flexibility index (Phi) is 27.3. The second-order valence-corrected chi connectivity index (χ2v) is 10.5. The third kappa shape index (κ3) is 34.6. The molecule has 0 saturated heterocycles. The third-order valence-electron chi connectivity index (χ3n) is 5.07. The van der Waals surface area contributed by atoms with Gasteiger partial charge in [0.1, 0.15) is 0 Å². The molecule has 0 unspecified atom stereocenters. The number of phosphoric acid groups is 1. The summed E-state index contributed by atoms with van der Waals surface area (Å²) < 4.78 is 16.3. The zero-order valence-electron chi connectivity index (χ0n) is 19.5. The van der Waals surface area contributed by atoms with E-state index in [1.165, 1.54) is 115 Å². The number of hydrogen-bond donors (Lipinski definition) is 2. The second-order valence-electron chi connectivity index (χ2n) is 8.43. The number of hydrogen-bond acceptors (Lipinski definition) is 2. The first-order valence-electron chi connectivity index (χ1n) is 12.0. The molecule has 4 nitrogen and oxygen atoms in total. The first-order chi connectivity index (χ1) is 13.3. The summed E-state index contributed by atoms with van der Waals surface area (Å²) in [6.07, 6.45) is 20.7. The van der Waals surface area contributed by atoms with Crippen LogP contribution in [0.1, 0.15) is 124 Å². The molecule has 0 atom stereocenters. The van der Waals surface area contributed by atoms with Crippen molar-refractivity contribution in [2.24, 2.45) is 5.92 Å². The second kappa shape index (κ2) is 24.4. The van der Waals surface area contributed by atoms with Crippen LogP contribution in [0.3, 0.4) is 0 Å². The van der Waals surface area contributed by atoms with Crippen LogP contribution in [0.2, 0.25) is 3.67 Å². The Morgan fingerprint density at radius 3 is 1.25 bits per heavy atom. The molecular formula is C22H48NaO4P. The minimum absolute atomic E-state index is 0.169. The van der Waals surface area contributed by atoms with E-state index in [1.807, 2.05) is 0 Å². The van der Waals surface area contributed by atoms with Crippen LogP contribution in [0.4, 0.5) is 0 Å². The van der Waals surface area contributed by atoms with Gasteiger partial charge >= 0.3 is 59.2 Å². The zero-order valence-corrected chi connectivity index (χ0v) is 22.4. The zero-order chi connectivity index (χ0) is 21.5. The van der Waals surface area contributed by atoms with Gasteiger partial charge in [-0.15, -0.1) is 0 Å². The molecule has 0 radical (unpaired) electrons. The maximum atomic E-state index is 10.5. The van der Waals surface area contributed by atoms with Crippen LogP contribution >= 0.6 is 7.82 Å². The van der Waals surface area contributed by atoms with Gasteiger partial charge in [0.25, 0.3) is 0 Å². The first kappa shape index (κ1) is 31.3. The third-order valence-corrected chi connectivity index (χ3v) is 7.23. The molecule has 0 bridgehead atoms. The average molecular weight is 431 g/mol. The molecule has 166 valence electrons. The standard InChI is InChI=1S/C18H39O4P.C4H9.Na/c1-2-3-4-5-6-7-8-9-10-11-12-13-14-15-16-17-18-22-23(19,20)21;1-4(2)3;/h2-18H2,1H3,(H2,19,20,21);4H,1H2,2-3H3;. The summed E-state index contributed by atoms with van der Waals surface area (Å²) >= 11 is 1.37. The predicted molar refractivity (Wildman–Crippen MR) is 123 cm³/mol. The van der Waals surface area contributed by atoms with Crippen molar-refractivity contribution in [2.75, 3.05) is 6.61 Å². The fourth-order valence-electron chi connectivity index (χ4n) is 2.83. The Bertz CT molecular complexity index is 334. The van der Waals surface area contributed by atoms with Crippen molar-refractivity contribution in [1.82, 2.24) is 0 Å². The van der Waals surface area contributed by atoms with Gasteiger partial charge in [-0.1, -0.05) is 103 Å². The Morgan fingerprint density at radius 2 is 1.00 bits per heavy atom. The summed E-state index contributed by atoms with van der Waals surface area (Å²) in [5, 5.41) is 0. The van der Waals surface area contributed by atoms with Crippen molar-refractivity contribution < 1.29 is 18.9 Å². The van der Waals surface area contributed by atoms with E-state index in [2.05, 4.69) is 25.3 Å². The predicted octanol–water partition coefficient (Wildman–Crippen LogP) is 7.59. The van der Waals surface area contributed by atoms with E-state index in [-0.39, 0.29) is 6.61 Å². The smallest absolute Gasteiger partial charge is 0.303 e. The SMILES string of the molecule is CC(C)[CH2][Na].CCCCCCCCCCCCCCCCCCOP(=O)(O)O. The van der Waals surface area contributed by atoms with Gasteiger partial charge in [-0.2, -0.15) is 0 Å². The molecule has 0 aromatic heterocycles. The average Bonchev–Trinajstić information content (AvgIpc) is 2.64. The molecule has 0 rings (SSSR count). The van der Waals surface area contributed by atoms with Crippen molar-refractivity contribution >= 4 is 35.8 Å². The van der Waals surface area contributed by atoms with Crippen molar-refractivity contribution in [1.29, 1.82) is 0 Å². The van der Waals surface area contributed by atoms with Crippen LogP contribution in [-0.4, -0.2) is 44.3 Å². The van der Waals surface area contributed by atoms with Gasteiger partial charge in [0.15, 0.2) is 0 Å². The van der Waals surface area contributed by atoms with E-state index >= 15 is 0 Å². The number of rotatable bonds is 19. The van der Waals surface area contributed by atoms with E-state index in [4.69, 9.17) is 9.79 Å². The van der Waals surface area contributed by atoms with E-state index < -0.39 is 7.82 Å². The van der Waals surface area contributed by atoms with Crippen molar-refractivity contribution in [3.05, 3.63) is 0 Å². The van der Waals surface area contributed by atoms with Gasteiger partial charge in [0.05, 0.1) is 6.61 Å². The Labute approximate surface area is 193 Å². The van der Waals surface area contributed by atoms with Gasteiger partial charge in [-0.05, 0) is 6.42 Å². The molecule has 0 spiro atoms. The van der Waals surface area contributed by atoms with E-state index in [9.17, 15) is 4.57 Å².